The Morgan fingerprint density at radius 2 is 1.76 bits per heavy atom. The second-order valence-corrected chi connectivity index (χ2v) is 9.94. The Bertz CT molecular complexity index is 1270. The molecule has 2 aromatic rings. The minimum Gasteiger partial charge on any atom is -0.337 e. The average molecular weight is 529 g/mol. The SMILES string of the molecule is O=C1CCC(N2Cc3cc(C(=O)NC(c4ccc(CN5CCCC5)cc4)C(F)(F)F)ccc3C2=O)C(=O)N1. The number of rotatable bonds is 6. The molecule has 0 radical (unpaired) electrons. The standard InChI is InChI=1S/C27H27F3N4O4/c28-27(29,30)23(17-5-3-16(4-6-17)14-33-11-1-2-12-33)32-24(36)18-7-8-20-19(13-18)15-34(26(20)38)21-9-10-22(35)31-25(21)37/h3-8,13,21,23H,1-2,9-12,14-15H2,(H,32,36)(H,31,35,37). The van der Waals surface area contributed by atoms with Crippen LogP contribution in [-0.2, 0) is 22.7 Å². The number of alkyl halides is 3. The fraction of sp³-hybridized carbons (Fsp3) is 0.407. The first-order valence-electron chi connectivity index (χ1n) is 12.6. The van der Waals surface area contributed by atoms with Crippen molar-refractivity contribution in [3.8, 4) is 0 Å². The van der Waals surface area contributed by atoms with Gasteiger partial charge in [-0.15, -0.1) is 0 Å². The van der Waals surface area contributed by atoms with Crippen molar-refractivity contribution in [2.45, 2.75) is 57.0 Å². The van der Waals surface area contributed by atoms with Crippen LogP contribution in [0.3, 0.4) is 0 Å². The molecule has 3 aliphatic rings. The van der Waals surface area contributed by atoms with E-state index < -0.39 is 41.9 Å². The first-order valence-corrected chi connectivity index (χ1v) is 12.6. The third-order valence-electron chi connectivity index (χ3n) is 7.31. The van der Waals surface area contributed by atoms with Crippen molar-refractivity contribution in [2.75, 3.05) is 13.1 Å². The van der Waals surface area contributed by atoms with Crippen molar-refractivity contribution in [3.63, 3.8) is 0 Å². The number of hydrogen-bond acceptors (Lipinski definition) is 5. The van der Waals surface area contributed by atoms with E-state index in [2.05, 4.69) is 15.5 Å². The number of nitrogens with one attached hydrogen (secondary N) is 2. The molecule has 0 spiro atoms. The molecule has 2 atom stereocenters. The number of hydrogen-bond donors (Lipinski definition) is 2. The van der Waals surface area contributed by atoms with Gasteiger partial charge in [0.25, 0.3) is 11.8 Å². The van der Waals surface area contributed by atoms with Gasteiger partial charge in [0.05, 0.1) is 0 Å². The van der Waals surface area contributed by atoms with E-state index in [1.54, 1.807) is 12.1 Å². The van der Waals surface area contributed by atoms with Gasteiger partial charge in [0.15, 0.2) is 6.04 Å². The summed E-state index contributed by atoms with van der Waals surface area (Å²) in [6, 6.07) is 7.12. The fourth-order valence-electron chi connectivity index (χ4n) is 5.30. The van der Waals surface area contributed by atoms with Gasteiger partial charge in [0.2, 0.25) is 11.8 Å². The minimum absolute atomic E-state index is 0.0166. The van der Waals surface area contributed by atoms with E-state index in [1.165, 1.54) is 35.2 Å². The molecular weight excluding hydrogens is 501 g/mol. The van der Waals surface area contributed by atoms with Crippen LogP contribution in [0.1, 0.15) is 69.1 Å². The maximum absolute atomic E-state index is 14.0. The van der Waals surface area contributed by atoms with Gasteiger partial charge in [0, 0.05) is 30.6 Å². The lowest BCUT2D eigenvalue weighted by Crippen LogP contribution is -2.52. The molecular formula is C27H27F3N4O4. The summed E-state index contributed by atoms with van der Waals surface area (Å²) in [7, 11) is 0. The third kappa shape index (κ3) is 5.28. The number of halogens is 3. The van der Waals surface area contributed by atoms with Gasteiger partial charge in [-0.3, -0.25) is 29.4 Å². The van der Waals surface area contributed by atoms with E-state index in [1.807, 2.05) is 0 Å². The Balaban J connectivity index is 1.30. The molecule has 3 heterocycles. The summed E-state index contributed by atoms with van der Waals surface area (Å²) in [5, 5.41) is 4.31. The lowest BCUT2D eigenvalue weighted by Gasteiger charge is -2.29. The summed E-state index contributed by atoms with van der Waals surface area (Å²) in [6.45, 7) is 2.64. The van der Waals surface area contributed by atoms with Crippen molar-refractivity contribution >= 4 is 23.6 Å². The highest BCUT2D eigenvalue weighted by atomic mass is 19.4. The number of benzene rings is 2. The zero-order chi connectivity index (χ0) is 27.0. The molecule has 8 nitrogen and oxygen atoms in total. The van der Waals surface area contributed by atoms with Crippen LogP contribution in [0, 0.1) is 0 Å². The molecule has 4 amide bonds. The van der Waals surface area contributed by atoms with Crippen molar-refractivity contribution in [1.29, 1.82) is 0 Å². The topological polar surface area (TPSA) is 98.8 Å². The Labute approximate surface area is 217 Å². The van der Waals surface area contributed by atoms with Gasteiger partial charge in [-0.2, -0.15) is 13.2 Å². The molecule has 2 N–H and O–H groups in total. The molecule has 200 valence electrons. The number of nitrogens with zero attached hydrogens (tertiary/aromatic N) is 2. The molecule has 2 saturated heterocycles. The Kier molecular flexibility index (Phi) is 6.95. The minimum atomic E-state index is -4.72. The van der Waals surface area contributed by atoms with Crippen LogP contribution in [0.15, 0.2) is 42.5 Å². The number of carbonyl (C=O) groups excluding carboxylic acids is 4. The highest BCUT2D eigenvalue weighted by Gasteiger charge is 2.43. The van der Waals surface area contributed by atoms with Crippen LogP contribution >= 0.6 is 0 Å². The maximum atomic E-state index is 14.0. The zero-order valence-electron chi connectivity index (χ0n) is 20.5. The van der Waals surface area contributed by atoms with Crippen LogP contribution in [0.5, 0.6) is 0 Å². The van der Waals surface area contributed by atoms with E-state index in [0.29, 0.717) is 12.1 Å². The van der Waals surface area contributed by atoms with Crippen LogP contribution < -0.4 is 10.6 Å². The van der Waals surface area contributed by atoms with Crippen LogP contribution in [0.2, 0.25) is 0 Å². The second-order valence-electron chi connectivity index (χ2n) is 9.94. The summed E-state index contributed by atoms with van der Waals surface area (Å²) >= 11 is 0. The lowest BCUT2D eigenvalue weighted by atomic mass is 10.0. The van der Waals surface area contributed by atoms with Gasteiger partial charge < -0.3 is 10.2 Å². The molecule has 0 aliphatic carbocycles. The van der Waals surface area contributed by atoms with Crippen LogP contribution in [0.4, 0.5) is 13.2 Å². The lowest BCUT2D eigenvalue weighted by molar-refractivity contribution is -0.155. The Morgan fingerprint density at radius 1 is 1.05 bits per heavy atom. The Morgan fingerprint density at radius 3 is 2.42 bits per heavy atom. The first-order chi connectivity index (χ1) is 18.1. The third-order valence-corrected chi connectivity index (χ3v) is 7.31. The summed E-state index contributed by atoms with van der Waals surface area (Å²) in [5.41, 5.74) is 1.51. The van der Waals surface area contributed by atoms with Crippen molar-refractivity contribution in [2.24, 2.45) is 0 Å². The molecule has 5 rings (SSSR count). The Hall–Kier alpha value is -3.73. The number of amides is 4. The van der Waals surface area contributed by atoms with Gasteiger partial charge in [-0.25, -0.2) is 0 Å². The van der Waals surface area contributed by atoms with Crippen LogP contribution in [-0.4, -0.2) is 58.7 Å². The number of likely N-dealkylation sites (tertiary alicyclic amines) is 1. The predicted octanol–water partition coefficient (Wildman–Crippen LogP) is 3.08. The monoisotopic (exact) mass is 528 g/mol. The van der Waals surface area contributed by atoms with E-state index >= 15 is 0 Å². The van der Waals surface area contributed by atoms with Crippen molar-refractivity contribution < 1.29 is 32.3 Å². The normalized spacial score (nSPS) is 20.9. The summed E-state index contributed by atoms with van der Waals surface area (Å²) < 4.78 is 41.9. The fourth-order valence-corrected chi connectivity index (χ4v) is 5.30. The number of carbonyl (C=O) groups is 4. The summed E-state index contributed by atoms with van der Waals surface area (Å²) in [5.74, 6) is -2.33. The van der Waals surface area contributed by atoms with Gasteiger partial charge >= 0.3 is 6.18 Å². The smallest absolute Gasteiger partial charge is 0.337 e. The van der Waals surface area contributed by atoms with Gasteiger partial charge in [-0.05, 0) is 67.2 Å². The summed E-state index contributed by atoms with van der Waals surface area (Å²) in [6.07, 6.45) is -2.20. The quantitative estimate of drug-likeness (QED) is 0.562. The molecule has 0 bridgehead atoms. The zero-order valence-corrected chi connectivity index (χ0v) is 20.5. The van der Waals surface area contributed by atoms with E-state index in [4.69, 9.17) is 0 Å². The molecule has 2 unspecified atom stereocenters. The molecule has 38 heavy (non-hydrogen) atoms. The highest BCUT2D eigenvalue weighted by Crippen LogP contribution is 2.34. The molecule has 2 aromatic carbocycles. The maximum Gasteiger partial charge on any atom is 0.412 e. The van der Waals surface area contributed by atoms with Crippen LogP contribution in [0.25, 0.3) is 0 Å². The molecule has 0 aromatic heterocycles. The van der Waals surface area contributed by atoms with Gasteiger partial charge in [-0.1, -0.05) is 24.3 Å². The second kappa shape index (κ2) is 10.2. The summed E-state index contributed by atoms with van der Waals surface area (Å²) in [4.78, 5) is 53.0. The van der Waals surface area contributed by atoms with E-state index in [0.717, 1.165) is 31.5 Å². The molecule has 11 heteroatoms. The van der Waals surface area contributed by atoms with E-state index in [-0.39, 0.29) is 36.1 Å². The molecule has 3 aliphatic heterocycles. The first kappa shape index (κ1) is 25.9. The molecule has 2 fully saturated rings. The average Bonchev–Trinajstić information content (AvgIpc) is 3.50. The van der Waals surface area contributed by atoms with Gasteiger partial charge in [0.1, 0.15) is 6.04 Å². The van der Waals surface area contributed by atoms with E-state index in [9.17, 15) is 32.3 Å². The number of imide groups is 1. The molecule has 0 saturated carbocycles. The van der Waals surface area contributed by atoms with Crippen molar-refractivity contribution in [1.82, 2.24) is 20.4 Å². The number of fused-ring (bicyclic) bond motifs is 1. The van der Waals surface area contributed by atoms with Crippen molar-refractivity contribution in [3.05, 3.63) is 70.3 Å². The predicted molar refractivity (Wildman–Crippen MR) is 130 cm³/mol. The number of piperidine rings is 1. The largest absolute Gasteiger partial charge is 0.412 e. The highest BCUT2D eigenvalue weighted by molar-refractivity contribution is 6.06.